The van der Waals surface area contributed by atoms with Crippen LogP contribution in [0.4, 0.5) is 5.82 Å². The standard InChI is InChI=1S/C10H12BrN5O3/c11-10-15-7-8(12)13-3-14-9(7)16(10)6-1-4(18)5(2-17)19-6/h3-6,17-18H,1-2H2,(H2,12,13,14)/t4?,5-,6-/m1/s1. The number of nitrogens with two attached hydrogens (primary N) is 1. The first kappa shape index (κ1) is 12.7. The molecule has 4 N–H and O–H groups in total. The summed E-state index contributed by atoms with van der Waals surface area (Å²) >= 11 is 3.32. The third kappa shape index (κ3) is 1.98. The van der Waals surface area contributed by atoms with E-state index in [9.17, 15) is 5.11 Å². The molecule has 1 fully saturated rings. The van der Waals surface area contributed by atoms with Crippen molar-refractivity contribution < 1.29 is 14.9 Å². The first-order valence-corrected chi connectivity index (χ1v) is 6.49. The van der Waals surface area contributed by atoms with Crippen LogP contribution in [0.15, 0.2) is 11.1 Å². The number of aromatic nitrogens is 4. The van der Waals surface area contributed by atoms with E-state index in [0.29, 0.717) is 22.3 Å². The zero-order chi connectivity index (χ0) is 13.6. The predicted octanol–water partition coefficient (Wildman–Crippen LogP) is -0.188. The summed E-state index contributed by atoms with van der Waals surface area (Å²) in [6, 6.07) is 0. The van der Waals surface area contributed by atoms with Crippen LogP contribution in [0.1, 0.15) is 12.6 Å². The number of fused-ring (bicyclic) bond motifs is 1. The lowest BCUT2D eigenvalue weighted by molar-refractivity contribution is -0.0439. The monoisotopic (exact) mass is 329 g/mol. The van der Waals surface area contributed by atoms with Crippen molar-refractivity contribution in [3.8, 4) is 0 Å². The second-order valence-corrected chi connectivity index (χ2v) is 5.01. The van der Waals surface area contributed by atoms with Gasteiger partial charge in [-0.1, -0.05) is 0 Å². The lowest BCUT2D eigenvalue weighted by Gasteiger charge is -2.14. The second-order valence-electron chi connectivity index (χ2n) is 4.30. The number of hydrogen-bond acceptors (Lipinski definition) is 7. The molecule has 0 spiro atoms. The molecular formula is C10H12BrN5O3. The van der Waals surface area contributed by atoms with Crippen LogP contribution in [0.5, 0.6) is 0 Å². The fraction of sp³-hybridized carbons (Fsp3) is 0.500. The minimum absolute atomic E-state index is 0.237. The van der Waals surface area contributed by atoms with Gasteiger partial charge in [-0.05, 0) is 15.9 Å². The molecule has 2 aromatic heterocycles. The Balaban J connectivity index is 2.06. The number of hydrogen-bond donors (Lipinski definition) is 3. The number of aliphatic hydroxyl groups is 2. The molecule has 0 radical (unpaired) electrons. The average molecular weight is 330 g/mol. The zero-order valence-corrected chi connectivity index (χ0v) is 11.4. The predicted molar refractivity (Wildman–Crippen MR) is 69.1 cm³/mol. The van der Waals surface area contributed by atoms with Gasteiger partial charge in [-0.2, -0.15) is 0 Å². The van der Waals surface area contributed by atoms with E-state index in [2.05, 4.69) is 30.9 Å². The van der Waals surface area contributed by atoms with Crippen molar-refractivity contribution in [2.75, 3.05) is 12.3 Å². The molecule has 0 aliphatic carbocycles. The van der Waals surface area contributed by atoms with E-state index in [1.807, 2.05) is 0 Å². The van der Waals surface area contributed by atoms with Crippen molar-refractivity contribution in [3.05, 3.63) is 11.1 Å². The molecular weight excluding hydrogens is 318 g/mol. The minimum Gasteiger partial charge on any atom is -0.394 e. The molecule has 19 heavy (non-hydrogen) atoms. The molecule has 1 aliphatic heterocycles. The largest absolute Gasteiger partial charge is 0.394 e. The molecule has 102 valence electrons. The quantitative estimate of drug-likeness (QED) is 0.653. The van der Waals surface area contributed by atoms with Crippen molar-refractivity contribution in [1.29, 1.82) is 0 Å². The van der Waals surface area contributed by atoms with Crippen LogP contribution in [0.25, 0.3) is 11.2 Å². The lowest BCUT2D eigenvalue weighted by atomic mass is 10.2. The van der Waals surface area contributed by atoms with E-state index in [0.717, 1.165) is 0 Å². The highest BCUT2D eigenvalue weighted by Gasteiger charge is 2.36. The number of nitrogens with zero attached hydrogens (tertiary/aromatic N) is 4. The summed E-state index contributed by atoms with van der Waals surface area (Å²) in [5.74, 6) is 0.279. The highest BCUT2D eigenvalue weighted by atomic mass is 79.9. The Morgan fingerprint density at radius 3 is 3.00 bits per heavy atom. The van der Waals surface area contributed by atoms with Gasteiger partial charge in [-0.3, -0.25) is 4.57 Å². The Morgan fingerprint density at radius 1 is 1.53 bits per heavy atom. The van der Waals surface area contributed by atoms with Gasteiger partial charge < -0.3 is 20.7 Å². The van der Waals surface area contributed by atoms with Crippen LogP contribution in [-0.4, -0.2) is 48.5 Å². The van der Waals surface area contributed by atoms with E-state index < -0.39 is 18.4 Å². The third-order valence-electron chi connectivity index (χ3n) is 3.13. The van der Waals surface area contributed by atoms with Crippen LogP contribution < -0.4 is 5.73 Å². The van der Waals surface area contributed by atoms with Crippen molar-refractivity contribution >= 4 is 32.9 Å². The maximum Gasteiger partial charge on any atom is 0.181 e. The molecule has 8 nitrogen and oxygen atoms in total. The van der Waals surface area contributed by atoms with Gasteiger partial charge >= 0.3 is 0 Å². The SMILES string of the molecule is Nc1ncnc2c1nc(Br)n2[C@H]1CC(O)[C@@H](CO)O1. The summed E-state index contributed by atoms with van der Waals surface area (Å²) in [4.78, 5) is 12.3. The number of ether oxygens (including phenoxy) is 1. The average Bonchev–Trinajstić information content (AvgIpc) is 2.90. The molecule has 0 bridgehead atoms. The van der Waals surface area contributed by atoms with Gasteiger partial charge in [0, 0.05) is 6.42 Å². The summed E-state index contributed by atoms with van der Waals surface area (Å²) in [5, 5.41) is 18.9. The van der Waals surface area contributed by atoms with Crippen LogP contribution in [0, 0.1) is 0 Å². The van der Waals surface area contributed by atoms with Crippen molar-refractivity contribution in [1.82, 2.24) is 19.5 Å². The molecule has 0 amide bonds. The van der Waals surface area contributed by atoms with Crippen molar-refractivity contribution in [2.24, 2.45) is 0 Å². The lowest BCUT2D eigenvalue weighted by Crippen LogP contribution is -2.24. The number of halogens is 1. The Hall–Kier alpha value is -1.29. The number of imidazole rings is 1. The fourth-order valence-electron chi connectivity index (χ4n) is 2.19. The van der Waals surface area contributed by atoms with Gasteiger partial charge in [-0.25, -0.2) is 15.0 Å². The summed E-state index contributed by atoms with van der Waals surface area (Å²) in [6.07, 6.45) is -0.0935. The van der Waals surface area contributed by atoms with E-state index in [1.54, 1.807) is 4.57 Å². The van der Waals surface area contributed by atoms with E-state index in [1.165, 1.54) is 6.33 Å². The van der Waals surface area contributed by atoms with Gasteiger partial charge in [0.25, 0.3) is 0 Å². The van der Waals surface area contributed by atoms with Crippen LogP contribution in [0.2, 0.25) is 0 Å². The molecule has 1 saturated heterocycles. The number of nitrogen functional groups attached to an aromatic ring is 1. The number of rotatable bonds is 2. The summed E-state index contributed by atoms with van der Waals surface area (Å²) in [6.45, 7) is -0.237. The first-order chi connectivity index (χ1) is 9.11. The molecule has 1 unspecified atom stereocenters. The van der Waals surface area contributed by atoms with Crippen molar-refractivity contribution in [3.63, 3.8) is 0 Å². The third-order valence-corrected chi connectivity index (χ3v) is 3.69. The van der Waals surface area contributed by atoms with Crippen molar-refractivity contribution in [2.45, 2.75) is 24.9 Å². The van der Waals surface area contributed by atoms with E-state index in [-0.39, 0.29) is 12.4 Å². The Kier molecular flexibility index (Phi) is 3.13. The molecule has 9 heteroatoms. The van der Waals surface area contributed by atoms with E-state index >= 15 is 0 Å². The first-order valence-electron chi connectivity index (χ1n) is 5.70. The van der Waals surface area contributed by atoms with Gasteiger partial charge in [0.05, 0.1) is 12.7 Å². The summed E-state index contributed by atoms with van der Waals surface area (Å²) in [5.41, 5.74) is 6.74. The topological polar surface area (TPSA) is 119 Å². The highest BCUT2D eigenvalue weighted by molar-refractivity contribution is 9.10. The number of anilines is 1. The zero-order valence-electron chi connectivity index (χ0n) is 9.77. The molecule has 0 saturated carbocycles. The van der Waals surface area contributed by atoms with Crippen LogP contribution in [0.3, 0.4) is 0 Å². The molecule has 3 heterocycles. The molecule has 1 aliphatic rings. The highest BCUT2D eigenvalue weighted by Crippen LogP contribution is 2.34. The van der Waals surface area contributed by atoms with Crippen LogP contribution in [-0.2, 0) is 4.74 Å². The fourth-order valence-corrected chi connectivity index (χ4v) is 2.77. The smallest absolute Gasteiger partial charge is 0.181 e. The molecule has 0 aromatic carbocycles. The normalized spacial score (nSPS) is 27.2. The Morgan fingerprint density at radius 2 is 2.32 bits per heavy atom. The van der Waals surface area contributed by atoms with Gasteiger partial charge in [0.2, 0.25) is 0 Å². The maximum absolute atomic E-state index is 9.78. The Bertz CT molecular complexity index is 618. The van der Waals surface area contributed by atoms with Gasteiger partial charge in [-0.15, -0.1) is 0 Å². The van der Waals surface area contributed by atoms with E-state index in [4.69, 9.17) is 15.6 Å². The maximum atomic E-state index is 9.78. The summed E-state index contributed by atoms with van der Waals surface area (Å²) < 4.78 is 7.77. The van der Waals surface area contributed by atoms with Gasteiger partial charge in [0.15, 0.2) is 21.7 Å². The molecule has 2 aromatic rings. The summed E-state index contributed by atoms with van der Waals surface area (Å²) in [7, 11) is 0. The molecule has 3 rings (SSSR count). The minimum atomic E-state index is -0.724. The van der Waals surface area contributed by atoms with Crippen LogP contribution >= 0.6 is 15.9 Å². The second kappa shape index (κ2) is 4.67. The van der Waals surface area contributed by atoms with Gasteiger partial charge in [0.1, 0.15) is 18.7 Å². The molecule has 3 atom stereocenters. The number of aliphatic hydroxyl groups excluding tert-OH is 2. The Labute approximate surface area is 116 Å².